The van der Waals surface area contributed by atoms with E-state index in [0.29, 0.717) is 11.1 Å². The smallest absolute Gasteiger partial charge is 0.193 e. The van der Waals surface area contributed by atoms with Crippen LogP contribution in [0.15, 0.2) is 53.7 Å². The summed E-state index contributed by atoms with van der Waals surface area (Å²) < 4.78 is 0. The number of nitrogens with zero attached hydrogens (tertiary/aromatic N) is 1. The number of hydrogen-bond acceptors (Lipinski definition) is 3. The number of unbranched alkanes of at least 4 members (excludes halogenated alkanes) is 1. The standard InChI is InChI=1S/C18H18N2OS/c1-2-3-11-22-18-19-15-10-9-14(12-16(15)20-18)17(21)13-7-5-4-6-8-13/h4-10,12H,2-3,11H2,1H3,(H,19,20). The Morgan fingerprint density at radius 3 is 2.73 bits per heavy atom. The Hall–Kier alpha value is -2.07. The quantitative estimate of drug-likeness (QED) is 0.408. The number of thioether (sulfide) groups is 1. The molecule has 1 heterocycles. The molecule has 0 aliphatic rings. The van der Waals surface area contributed by atoms with Gasteiger partial charge in [-0.1, -0.05) is 55.4 Å². The zero-order chi connectivity index (χ0) is 15.4. The number of H-pyrrole nitrogens is 1. The molecule has 0 bridgehead atoms. The van der Waals surface area contributed by atoms with Crippen LogP contribution in [0.3, 0.4) is 0 Å². The van der Waals surface area contributed by atoms with Crippen LogP contribution in [0, 0.1) is 0 Å². The molecule has 22 heavy (non-hydrogen) atoms. The second kappa shape index (κ2) is 6.79. The number of carbonyl (C=O) groups excluding carboxylic acids is 1. The SMILES string of the molecule is CCCCSc1nc2ccc(C(=O)c3ccccc3)cc2[nH]1. The highest BCUT2D eigenvalue weighted by Crippen LogP contribution is 2.22. The lowest BCUT2D eigenvalue weighted by molar-refractivity contribution is 0.103. The van der Waals surface area contributed by atoms with Crippen molar-refractivity contribution in [3.63, 3.8) is 0 Å². The summed E-state index contributed by atoms with van der Waals surface area (Å²) in [6.07, 6.45) is 2.36. The highest BCUT2D eigenvalue weighted by atomic mass is 32.2. The summed E-state index contributed by atoms with van der Waals surface area (Å²) in [5.74, 6) is 1.10. The van der Waals surface area contributed by atoms with Crippen molar-refractivity contribution in [1.29, 1.82) is 0 Å². The molecule has 112 valence electrons. The maximum Gasteiger partial charge on any atom is 0.193 e. The summed E-state index contributed by atoms with van der Waals surface area (Å²) in [7, 11) is 0. The minimum absolute atomic E-state index is 0.0392. The molecular weight excluding hydrogens is 292 g/mol. The molecule has 4 heteroatoms. The first kappa shape index (κ1) is 14.9. The molecule has 0 saturated heterocycles. The maximum atomic E-state index is 12.5. The largest absolute Gasteiger partial charge is 0.333 e. The van der Waals surface area contributed by atoms with Gasteiger partial charge in [-0.15, -0.1) is 0 Å². The maximum absolute atomic E-state index is 12.5. The van der Waals surface area contributed by atoms with Crippen LogP contribution in [0.2, 0.25) is 0 Å². The fraction of sp³-hybridized carbons (Fsp3) is 0.222. The molecule has 3 nitrogen and oxygen atoms in total. The topological polar surface area (TPSA) is 45.8 Å². The first-order valence-corrected chi connectivity index (χ1v) is 8.49. The number of aromatic nitrogens is 2. The van der Waals surface area contributed by atoms with E-state index < -0.39 is 0 Å². The first-order valence-electron chi connectivity index (χ1n) is 7.50. The predicted octanol–water partition coefficient (Wildman–Crippen LogP) is 4.69. The van der Waals surface area contributed by atoms with Crippen LogP contribution in [0.4, 0.5) is 0 Å². The molecule has 3 rings (SSSR count). The minimum atomic E-state index is 0.0392. The van der Waals surface area contributed by atoms with E-state index in [1.54, 1.807) is 11.8 Å². The Morgan fingerprint density at radius 1 is 1.14 bits per heavy atom. The van der Waals surface area contributed by atoms with Crippen molar-refractivity contribution in [3.8, 4) is 0 Å². The lowest BCUT2D eigenvalue weighted by Crippen LogP contribution is -2.00. The van der Waals surface area contributed by atoms with E-state index in [4.69, 9.17) is 0 Å². The number of hydrogen-bond donors (Lipinski definition) is 1. The van der Waals surface area contributed by atoms with Gasteiger partial charge in [-0.05, 0) is 24.6 Å². The van der Waals surface area contributed by atoms with Gasteiger partial charge in [0.15, 0.2) is 10.9 Å². The summed E-state index contributed by atoms with van der Waals surface area (Å²) in [5.41, 5.74) is 3.22. The van der Waals surface area contributed by atoms with Gasteiger partial charge in [-0.3, -0.25) is 4.79 Å². The number of nitrogens with one attached hydrogen (secondary N) is 1. The van der Waals surface area contributed by atoms with Crippen molar-refractivity contribution < 1.29 is 4.79 Å². The van der Waals surface area contributed by atoms with Gasteiger partial charge < -0.3 is 4.98 Å². The van der Waals surface area contributed by atoms with Gasteiger partial charge in [-0.2, -0.15) is 0 Å². The fourth-order valence-corrected chi connectivity index (χ4v) is 3.24. The van der Waals surface area contributed by atoms with E-state index in [1.807, 2.05) is 48.5 Å². The van der Waals surface area contributed by atoms with E-state index >= 15 is 0 Å². The Labute approximate surface area is 134 Å². The number of imidazole rings is 1. The Balaban J connectivity index is 1.85. The van der Waals surface area contributed by atoms with Gasteiger partial charge in [0.1, 0.15) is 0 Å². The molecule has 0 amide bonds. The Kier molecular flexibility index (Phi) is 4.59. The second-order valence-corrected chi connectivity index (χ2v) is 6.25. The highest BCUT2D eigenvalue weighted by molar-refractivity contribution is 7.99. The van der Waals surface area contributed by atoms with Crippen LogP contribution < -0.4 is 0 Å². The molecule has 0 atom stereocenters. The van der Waals surface area contributed by atoms with Gasteiger partial charge in [0.2, 0.25) is 0 Å². The van der Waals surface area contributed by atoms with E-state index in [1.165, 1.54) is 12.8 Å². The van der Waals surface area contributed by atoms with E-state index in [9.17, 15) is 4.79 Å². The molecule has 3 aromatic rings. The molecule has 2 aromatic carbocycles. The van der Waals surface area contributed by atoms with Gasteiger partial charge in [0.25, 0.3) is 0 Å². The lowest BCUT2D eigenvalue weighted by atomic mass is 10.0. The average molecular weight is 310 g/mol. The minimum Gasteiger partial charge on any atom is -0.333 e. The van der Waals surface area contributed by atoms with E-state index in [-0.39, 0.29) is 5.78 Å². The van der Waals surface area contributed by atoms with Crippen molar-refractivity contribution in [1.82, 2.24) is 9.97 Å². The molecule has 0 unspecified atom stereocenters. The Morgan fingerprint density at radius 2 is 1.95 bits per heavy atom. The molecule has 0 aliphatic carbocycles. The second-order valence-electron chi connectivity index (χ2n) is 5.17. The summed E-state index contributed by atoms with van der Waals surface area (Å²) in [6.45, 7) is 2.18. The summed E-state index contributed by atoms with van der Waals surface area (Å²) in [6, 6.07) is 15.0. The highest BCUT2D eigenvalue weighted by Gasteiger charge is 2.11. The third-order valence-corrected chi connectivity index (χ3v) is 4.45. The third-order valence-electron chi connectivity index (χ3n) is 3.49. The zero-order valence-corrected chi connectivity index (χ0v) is 13.3. The number of benzene rings is 2. The van der Waals surface area contributed by atoms with Crippen LogP contribution in [-0.2, 0) is 0 Å². The van der Waals surface area contributed by atoms with Crippen molar-refractivity contribution in [3.05, 3.63) is 59.7 Å². The van der Waals surface area contributed by atoms with Crippen molar-refractivity contribution in [2.45, 2.75) is 24.9 Å². The van der Waals surface area contributed by atoms with Crippen LogP contribution in [0.5, 0.6) is 0 Å². The summed E-state index contributed by atoms with van der Waals surface area (Å²) in [4.78, 5) is 20.3. The van der Waals surface area contributed by atoms with Gasteiger partial charge >= 0.3 is 0 Å². The zero-order valence-electron chi connectivity index (χ0n) is 12.5. The first-order chi connectivity index (χ1) is 10.8. The number of rotatable bonds is 6. The van der Waals surface area contributed by atoms with Crippen LogP contribution in [-0.4, -0.2) is 21.5 Å². The fourth-order valence-electron chi connectivity index (χ4n) is 2.27. The van der Waals surface area contributed by atoms with Gasteiger partial charge in [0, 0.05) is 16.9 Å². The van der Waals surface area contributed by atoms with Crippen LogP contribution >= 0.6 is 11.8 Å². The van der Waals surface area contributed by atoms with Crippen LogP contribution in [0.25, 0.3) is 11.0 Å². The van der Waals surface area contributed by atoms with Crippen molar-refractivity contribution in [2.75, 3.05) is 5.75 Å². The van der Waals surface area contributed by atoms with Crippen molar-refractivity contribution in [2.24, 2.45) is 0 Å². The number of carbonyl (C=O) groups is 1. The monoisotopic (exact) mass is 310 g/mol. The average Bonchev–Trinajstić information content (AvgIpc) is 2.97. The molecule has 0 spiro atoms. The number of aromatic amines is 1. The molecule has 1 N–H and O–H groups in total. The molecule has 0 fully saturated rings. The van der Waals surface area contributed by atoms with Crippen molar-refractivity contribution >= 4 is 28.6 Å². The molecular formula is C18H18N2OS. The summed E-state index contributed by atoms with van der Waals surface area (Å²) in [5, 5.41) is 0.924. The number of fused-ring (bicyclic) bond motifs is 1. The molecule has 0 radical (unpaired) electrons. The summed E-state index contributed by atoms with van der Waals surface area (Å²) >= 11 is 1.73. The van der Waals surface area contributed by atoms with Gasteiger partial charge in [0.05, 0.1) is 11.0 Å². The number of ketones is 1. The lowest BCUT2D eigenvalue weighted by Gasteiger charge is -2.00. The normalized spacial score (nSPS) is 11.0. The molecule has 0 aliphatic heterocycles. The molecule has 1 aromatic heterocycles. The van der Waals surface area contributed by atoms with Crippen LogP contribution in [0.1, 0.15) is 35.7 Å². The Bertz CT molecular complexity index is 780. The van der Waals surface area contributed by atoms with E-state index in [0.717, 1.165) is 21.9 Å². The predicted molar refractivity (Wildman–Crippen MR) is 91.6 cm³/mol. The third kappa shape index (κ3) is 3.22. The van der Waals surface area contributed by atoms with Gasteiger partial charge in [-0.25, -0.2) is 4.98 Å². The molecule has 0 saturated carbocycles. The van der Waals surface area contributed by atoms with E-state index in [2.05, 4.69) is 16.9 Å².